The first-order valence-electron chi connectivity index (χ1n) is 6.14. The first kappa shape index (κ1) is 13.7. The summed E-state index contributed by atoms with van der Waals surface area (Å²) in [7, 11) is 0. The van der Waals surface area contributed by atoms with Crippen LogP contribution in [0.3, 0.4) is 0 Å². The van der Waals surface area contributed by atoms with E-state index in [1.54, 1.807) is 12.1 Å². The minimum absolute atomic E-state index is 0.356. The third kappa shape index (κ3) is 3.86. The molecule has 1 aromatic carbocycles. The second-order valence-electron chi connectivity index (χ2n) is 4.32. The molecule has 3 nitrogen and oxygen atoms in total. The first-order chi connectivity index (χ1) is 8.08. The summed E-state index contributed by atoms with van der Waals surface area (Å²) >= 11 is 0. The summed E-state index contributed by atoms with van der Waals surface area (Å²) in [5, 5.41) is 8.95. The van der Waals surface area contributed by atoms with Crippen LogP contribution < -0.4 is 0 Å². The highest BCUT2D eigenvalue weighted by Crippen LogP contribution is 2.18. The van der Waals surface area contributed by atoms with Crippen molar-refractivity contribution in [3.05, 3.63) is 35.4 Å². The molecular weight excluding hydrogens is 214 g/mol. The Morgan fingerprint density at radius 3 is 2.53 bits per heavy atom. The molecule has 0 saturated carbocycles. The maximum absolute atomic E-state index is 10.9. The van der Waals surface area contributed by atoms with E-state index in [9.17, 15) is 4.79 Å². The van der Waals surface area contributed by atoms with Crippen LogP contribution in [0.2, 0.25) is 0 Å². The Bertz CT molecular complexity index is 372. The Morgan fingerprint density at radius 2 is 2.00 bits per heavy atom. The molecule has 0 aliphatic carbocycles. The summed E-state index contributed by atoms with van der Waals surface area (Å²) < 4.78 is 0. The van der Waals surface area contributed by atoms with E-state index in [1.807, 2.05) is 12.1 Å². The Balaban J connectivity index is 2.78. The van der Waals surface area contributed by atoms with Crippen molar-refractivity contribution in [3.63, 3.8) is 0 Å². The third-order valence-corrected chi connectivity index (χ3v) is 3.13. The van der Waals surface area contributed by atoms with E-state index in [0.29, 0.717) is 11.5 Å². The smallest absolute Gasteiger partial charge is 0.335 e. The SMILES string of the molecule is CCN(CC)CC(C)c1cccc(C(=O)O)c1. The van der Waals surface area contributed by atoms with Crippen LogP contribution in [0.4, 0.5) is 0 Å². The van der Waals surface area contributed by atoms with Gasteiger partial charge < -0.3 is 10.0 Å². The fourth-order valence-corrected chi connectivity index (χ4v) is 1.95. The molecule has 1 aromatic rings. The molecule has 0 fully saturated rings. The number of aromatic carboxylic acids is 1. The average molecular weight is 235 g/mol. The predicted octanol–water partition coefficient (Wildman–Crippen LogP) is 2.83. The Labute approximate surface area is 103 Å². The summed E-state index contributed by atoms with van der Waals surface area (Å²) in [6.07, 6.45) is 0. The lowest BCUT2D eigenvalue weighted by Crippen LogP contribution is -2.27. The molecule has 1 rings (SSSR count). The highest BCUT2D eigenvalue weighted by atomic mass is 16.4. The summed E-state index contributed by atoms with van der Waals surface area (Å²) in [5.41, 5.74) is 1.46. The van der Waals surface area contributed by atoms with Gasteiger partial charge in [-0.2, -0.15) is 0 Å². The molecule has 1 unspecified atom stereocenters. The molecule has 0 aromatic heterocycles. The second kappa shape index (κ2) is 6.40. The summed E-state index contributed by atoms with van der Waals surface area (Å²) in [6, 6.07) is 7.23. The van der Waals surface area contributed by atoms with Crippen molar-refractivity contribution in [2.75, 3.05) is 19.6 Å². The van der Waals surface area contributed by atoms with Gasteiger partial charge in [-0.1, -0.05) is 32.9 Å². The van der Waals surface area contributed by atoms with Gasteiger partial charge in [-0.3, -0.25) is 0 Å². The molecule has 3 heteroatoms. The Hall–Kier alpha value is -1.35. The lowest BCUT2D eigenvalue weighted by molar-refractivity contribution is 0.0696. The zero-order valence-electron chi connectivity index (χ0n) is 10.8. The zero-order valence-corrected chi connectivity index (χ0v) is 10.8. The van der Waals surface area contributed by atoms with Crippen LogP contribution in [0.15, 0.2) is 24.3 Å². The van der Waals surface area contributed by atoms with E-state index >= 15 is 0 Å². The fraction of sp³-hybridized carbons (Fsp3) is 0.500. The van der Waals surface area contributed by atoms with E-state index in [1.165, 1.54) is 0 Å². The number of rotatable bonds is 6. The zero-order chi connectivity index (χ0) is 12.8. The van der Waals surface area contributed by atoms with E-state index < -0.39 is 5.97 Å². The van der Waals surface area contributed by atoms with Gasteiger partial charge in [-0.15, -0.1) is 0 Å². The van der Waals surface area contributed by atoms with Crippen LogP contribution in [0, 0.1) is 0 Å². The van der Waals surface area contributed by atoms with Gasteiger partial charge in [-0.05, 0) is 36.7 Å². The molecule has 1 atom stereocenters. The number of benzene rings is 1. The highest BCUT2D eigenvalue weighted by molar-refractivity contribution is 5.87. The summed E-state index contributed by atoms with van der Waals surface area (Å²) in [6.45, 7) is 9.45. The lowest BCUT2D eigenvalue weighted by atomic mass is 9.98. The third-order valence-electron chi connectivity index (χ3n) is 3.13. The minimum atomic E-state index is -0.859. The topological polar surface area (TPSA) is 40.5 Å². The number of nitrogens with zero attached hydrogens (tertiary/aromatic N) is 1. The molecule has 94 valence electrons. The highest BCUT2D eigenvalue weighted by Gasteiger charge is 2.11. The number of carbonyl (C=O) groups is 1. The number of carboxylic acids is 1. The van der Waals surface area contributed by atoms with Crippen LogP contribution in [-0.2, 0) is 0 Å². The van der Waals surface area contributed by atoms with E-state index in [0.717, 1.165) is 25.2 Å². The molecule has 0 bridgehead atoms. The quantitative estimate of drug-likeness (QED) is 0.824. The normalized spacial score (nSPS) is 12.7. The first-order valence-corrected chi connectivity index (χ1v) is 6.14. The van der Waals surface area contributed by atoms with Gasteiger partial charge in [0.05, 0.1) is 5.56 Å². The van der Waals surface area contributed by atoms with Gasteiger partial charge in [0.2, 0.25) is 0 Å². The maximum Gasteiger partial charge on any atom is 0.335 e. The molecule has 0 amide bonds. The van der Waals surface area contributed by atoms with Crippen LogP contribution in [0.5, 0.6) is 0 Å². The molecular formula is C14H21NO2. The molecule has 0 spiro atoms. The molecule has 0 aliphatic rings. The number of likely N-dealkylation sites (N-methyl/N-ethyl adjacent to an activating group) is 1. The molecule has 0 saturated heterocycles. The number of hydrogen-bond donors (Lipinski definition) is 1. The summed E-state index contributed by atoms with van der Waals surface area (Å²) in [4.78, 5) is 13.2. The lowest BCUT2D eigenvalue weighted by Gasteiger charge is -2.23. The average Bonchev–Trinajstić information content (AvgIpc) is 2.35. The molecule has 0 radical (unpaired) electrons. The largest absolute Gasteiger partial charge is 0.478 e. The minimum Gasteiger partial charge on any atom is -0.478 e. The second-order valence-corrected chi connectivity index (χ2v) is 4.32. The van der Waals surface area contributed by atoms with Gasteiger partial charge in [-0.25, -0.2) is 4.79 Å². The van der Waals surface area contributed by atoms with Crippen LogP contribution >= 0.6 is 0 Å². The van der Waals surface area contributed by atoms with E-state index in [2.05, 4.69) is 25.7 Å². The summed E-state index contributed by atoms with van der Waals surface area (Å²) in [5.74, 6) is -0.504. The molecule has 0 aliphatic heterocycles. The molecule has 1 N–H and O–H groups in total. The predicted molar refractivity (Wildman–Crippen MR) is 69.6 cm³/mol. The Kier molecular flexibility index (Phi) is 5.16. The van der Waals surface area contributed by atoms with E-state index in [-0.39, 0.29) is 0 Å². The Morgan fingerprint density at radius 1 is 1.35 bits per heavy atom. The van der Waals surface area contributed by atoms with Crippen LogP contribution in [0.25, 0.3) is 0 Å². The van der Waals surface area contributed by atoms with E-state index in [4.69, 9.17) is 5.11 Å². The van der Waals surface area contributed by atoms with Gasteiger partial charge in [0.1, 0.15) is 0 Å². The number of hydrogen-bond acceptors (Lipinski definition) is 2. The maximum atomic E-state index is 10.9. The monoisotopic (exact) mass is 235 g/mol. The van der Waals surface area contributed by atoms with Gasteiger partial charge >= 0.3 is 5.97 Å². The van der Waals surface area contributed by atoms with Crippen LogP contribution in [-0.4, -0.2) is 35.6 Å². The standard InChI is InChI=1S/C14H21NO2/c1-4-15(5-2)10-11(3)12-7-6-8-13(9-12)14(16)17/h6-9,11H,4-5,10H2,1-3H3,(H,16,17). The van der Waals surface area contributed by atoms with Crippen molar-refractivity contribution < 1.29 is 9.90 Å². The molecule has 0 heterocycles. The van der Waals surface area contributed by atoms with Crippen molar-refractivity contribution in [1.29, 1.82) is 0 Å². The van der Waals surface area contributed by atoms with Crippen molar-refractivity contribution in [1.82, 2.24) is 4.90 Å². The molecule has 17 heavy (non-hydrogen) atoms. The van der Waals surface area contributed by atoms with Gasteiger partial charge in [0.25, 0.3) is 0 Å². The fourth-order valence-electron chi connectivity index (χ4n) is 1.95. The van der Waals surface area contributed by atoms with Crippen LogP contribution in [0.1, 0.15) is 42.6 Å². The van der Waals surface area contributed by atoms with Gasteiger partial charge in [0, 0.05) is 6.54 Å². The van der Waals surface area contributed by atoms with Crippen molar-refractivity contribution in [2.45, 2.75) is 26.7 Å². The van der Waals surface area contributed by atoms with Gasteiger partial charge in [0.15, 0.2) is 0 Å². The van der Waals surface area contributed by atoms with Crippen molar-refractivity contribution in [3.8, 4) is 0 Å². The van der Waals surface area contributed by atoms with Crippen molar-refractivity contribution >= 4 is 5.97 Å². The number of carboxylic acid groups (broad SMARTS) is 1. The van der Waals surface area contributed by atoms with Crippen molar-refractivity contribution in [2.24, 2.45) is 0 Å².